The van der Waals surface area contributed by atoms with E-state index >= 15 is 0 Å². The topological polar surface area (TPSA) is 114 Å². The molecule has 8 nitrogen and oxygen atoms in total. The molecule has 0 saturated heterocycles. The average molecular weight is 637 g/mol. The molecule has 3 rings (SSSR count). The maximum atomic E-state index is 13.0. The maximum Gasteiger partial charge on any atom is 0.416 e. The summed E-state index contributed by atoms with van der Waals surface area (Å²) < 4.78 is 50.8. The minimum atomic E-state index is -4.77. The van der Waals surface area contributed by atoms with Crippen LogP contribution in [0.2, 0.25) is 0 Å². The van der Waals surface area contributed by atoms with Crippen LogP contribution in [0.5, 0.6) is 17.2 Å². The Morgan fingerprint density at radius 2 is 1.84 bits per heavy atom. The van der Waals surface area contributed by atoms with Crippen molar-refractivity contribution in [1.82, 2.24) is 0 Å². The molecule has 0 atom stereocenters. The van der Waals surface area contributed by atoms with Gasteiger partial charge in [-0.1, -0.05) is 17.7 Å². The molecule has 0 aliphatic heterocycles. The average Bonchev–Trinajstić information content (AvgIpc) is 2.85. The molecule has 12 heteroatoms. The number of nitro benzene ring substituents is 1. The number of amides is 1. The SMILES string of the molecule is CCOc1cc(/C=C(\C#N)C(=O)Nc2ccc(C)cc2)cc(I)c1Oc1ccc(C(F)(F)F)cc1[N+](=O)[O-]. The van der Waals surface area contributed by atoms with Crippen LogP contribution in [0.15, 0.2) is 60.2 Å². The Labute approximate surface area is 229 Å². The molecule has 0 heterocycles. The van der Waals surface area contributed by atoms with Crippen molar-refractivity contribution >= 4 is 45.9 Å². The molecule has 0 spiro atoms. The van der Waals surface area contributed by atoms with E-state index in [2.05, 4.69) is 5.32 Å². The maximum absolute atomic E-state index is 13.0. The zero-order chi connectivity index (χ0) is 28.0. The van der Waals surface area contributed by atoms with E-state index < -0.39 is 34.0 Å². The van der Waals surface area contributed by atoms with Crippen molar-refractivity contribution in [3.63, 3.8) is 0 Å². The lowest BCUT2D eigenvalue weighted by Crippen LogP contribution is -2.13. The van der Waals surface area contributed by atoms with E-state index in [4.69, 9.17) is 9.47 Å². The van der Waals surface area contributed by atoms with Crippen molar-refractivity contribution in [2.45, 2.75) is 20.0 Å². The first kappa shape index (κ1) is 28.5. The summed E-state index contributed by atoms with van der Waals surface area (Å²) in [6.07, 6.45) is -3.44. The highest BCUT2D eigenvalue weighted by molar-refractivity contribution is 14.1. The van der Waals surface area contributed by atoms with Gasteiger partial charge in [0, 0.05) is 11.8 Å². The molecule has 0 aromatic heterocycles. The number of halogens is 4. The van der Waals surface area contributed by atoms with Crippen molar-refractivity contribution in [2.75, 3.05) is 11.9 Å². The highest BCUT2D eigenvalue weighted by atomic mass is 127. The quantitative estimate of drug-likeness (QED) is 0.0915. The van der Waals surface area contributed by atoms with Crippen molar-refractivity contribution in [3.8, 4) is 23.3 Å². The van der Waals surface area contributed by atoms with E-state index in [1.165, 1.54) is 18.2 Å². The molecular weight excluding hydrogens is 618 g/mol. The highest BCUT2D eigenvalue weighted by Gasteiger charge is 2.33. The van der Waals surface area contributed by atoms with E-state index in [1.807, 2.05) is 47.7 Å². The number of nitrogens with zero attached hydrogens (tertiary/aromatic N) is 2. The molecule has 196 valence electrons. The number of alkyl halides is 3. The number of carbonyl (C=O) groups is 1. The van der Waals surface area contributed by atoms with Gasteiger partial charge in [-0.3, -0.25) is 14.9 Å². The molecule has 0 aliphatic rings. The molecule has 1 amide bonds. The summed E-state index contributed by atoms with van der Waals surface area (Å²) in [6, 6.07) is 13.8. The Kier molecular flexibility index (Phi) is 8.95. The summed E-state index contributed by atoms with van der Waals surface area (Å²) in [5.74, 6) is -0.920. The van der Waals surface area contributed by atoms with Crippen LogP contribution in [-0.2, 0) is 11.0 Å². The molecule has 38 heavy (non-hydrogen) atoms. The Balaban J connectivity index is 1.97. The summed E-state index contributed by atoms with van der Waals surface area (Å²) in [7, 11) is 0. The Morgan fingerprint density at radius 3 is 2.42 bits per heavy atom. The zero-order valence-electron chi connectivity index (χ0n) is 19.9. The van der Waals surface area contributed by atoms with Crippen LogP contribution in [0.25, 0.3) is 6.08 Å². The lowest BCUT2D eigenvalue weighted by molar-refractivity contribution is -0.385. The number of aryl methyl sites for hydroxylation is 1. The first-order valence-corrected chi connectivity index (χ1v) is 12.0. The van der Waals surface area contributed by atoms with Crippen LogP contribution in [0, 0.1) is 31.9 Å². The van der Waals surface area contributed by atoms with Gasteiger partial charge in [0.1, 0.15) is 11.6 Å². The van der Waals surface area contributed by atoms with Gasteiger partial charge in [-0.2, -0.15) is 18.4 Å². The summed E-state index contributed by atoms with van der Waals surface area (Å²) in [5, 5.41) is 23.6. The van der Waals surface area contributed by atoms with E-state index in [0.717, 1.165) is 11.6 Å². The second kappa shape index (κ2) is 12.0. The van der Waals surface area contributed by atoms with Gasteiger partial charge in [0.05, 0.1) is 20.7 Å². The molecule has 0 unspecified atom stereocenters. The van der Waals surface area contributed by atoms with Gasteiger partial charge < -0.3 is 14.8 Å². The molecule has 0 bridgehead atoms. The van der Waals surface area contributed by atoms with Crippen LogP contribution in [-0.4, -0.2) is 17.4 Å². The molecule has 1 N–H and O–H groups in total. The van der Waals surface area contributed by atoms with Gasteiger partial charge in [0.15, 0.2) is 11.5 Å². The number of hydrogen-bond donors (Lipinski definition) is 1. The number of hydrogen-bond acceptors (Lipinski definition) is 6. The first-order chi connectivity index (χ1) is 17.9. The molecule has 0 fully saturated rings. The van der Waals surface area contributed by atoms with Crippen LogP contribution in [0.3, 0.4) is 0 Å². The standard InChI is InChI=1S/C26H19F3IN3O5/c1-3-37-23-12-16(10-17(14-31)25(34)32-19-7-4-15(2)5-8-19)11-20(30)24(23)38-22-9-6-18(26(27,28)29)13-21(22)33(35)36/h4-13H,3H2,1-2H3,(H,32,34)/b17-10+. The number of nitrogens with one attached hydrogen (secondary N) is 1. The van der Waals surface area contributed by atoms with Gasteiger partial charge in [-0.15, -0.1) is 0 Å². The largest absolute Gasteiger partial charge is 0.490 e. The Hall–Kier alpha value is -4.12. The number of rotatable bonds is 8. The zero-order valence-corrected chi connectivity index (χ0v) is 22.1. The summed E-state index contributed by atoms with van der Waals surface area (Å²) in [6.45, 7) is 3.73. The summed E-state index contributed by atoms with van der Waals surface area (Å²) in [4.78, 5) is 23.1. The fraction of sp³-hybridized carbons (Fsp3) is 0.154. The molecule has 3 aromatic carbocycles. The Bertz CT molecular complexity index is 1450. The normalized spacial score (nSPS) is 11.4. The predicted octanol–water partition coefficient (Wildman–Crippen LogP) is 7.26. The lowest BCUT2D eigenvalue weighted by atomic mass is 10.1. The monoisotopic (exact) mass is 637 g/mol. The van der Waals surface area contributed by atoms with Gasteiger partial charge in [0.25, 0.3) is 5.91 Å². The molecule has 0 aliphatic carbocycles. The highest BCUT2D eigenvalue weighted by Crippen LogP contribution is 2.42. The van der Waals surface area contributed by atoms with Crippen LogP contribution < -0.4 is 14.8 Å². The van der Waals surface area contributed by atoms with Crippen molar-refractivity contribution in [1.29, 1.82) is 5.26 Å². The van der Waals surface area contributed by atoms with Gasteiger partial charge in [-0.25, -0.2) is 0 Å². The van der Waals surface area contributed by atoms with E-state index in [0.29, 0.717) is 27.0 Å². The minimum absolute atomic E-state index is 0.0232. The van der Waals surface area contributed by atoms with Crippen LogP contribution in [0.1, 0.15) is 23.6 Å². The van der Waals surface area contributed by atoms with E-state index in [-0.39, 0.29) is 23.7 Å². The van der Waals surface area contributed by atoms with Gasteiger partial charge in [-0.05, 0) is 84.5 Å². The molecule has 3 aromatic rings. The number of nitro groups is 1. The smallest absolute Gasteiger partial charge is 0.416 e. The number of benzene rings is 3. The summed E-state index contributed by atoms with van der Waals surface area (Å²) >= 11 is 1.86. The third-order valence-electron chi connectivity index (χ3n) is 5.01. The third-order valence-corrected chi connectivity index (χ3v) is 5.81. The van der Waals surface area contributed by atoms with Crippen molar-refractivity contribution < 1.29 is 32.4 Å². The molecule has 0 radical (unpaired) electrons. The Morgan fingerprint density at radius 1 is 1.16 bits per heavy atom. The van der Waals surface area contributed by atoms with Gasteiger partial charge in [0.2, 0.25) is 5.75 Å². The second-order valence-corrected chi connectivity index (χ2v) is 8.95. The van der Waals surface area contributed by atoms with Crippen molar-refractivity contribution in [3.05, 3.63) is 90.5 Å². The number of anilines is 1. The van der Waals surface area contributed by atoms with E-state index in [9.17, 15) is 33.3 Å². The minimum Gasteiger partial charge on any atom is -0.490 e. The van der Waals surface area contributed by atoms with Crippen molar-refractivity contribution in [2.24, 2.45) is 0 Å². The second-order valence-electron chi connectivity index (χ2n) is 7.79. The first-order valence-electron chi connectivity index (χ1n) is 10.9. The fourth-order valence-electron chi connectivity index (χ4n) is 3.22. The number of nitriles is 1. The molecular formula is C26H19F3IN3O5. The summed E-state index contributed by atoms with van der Waals surface area (Å²) in [5.41, 5.74) is -0.362. The lowest BCUT2D eigenvalue weighted by Gasteiger charge is -2.15. The molecule has 0 saturated carbocycles. The predicted molar refractivity (Wildman–Crippen MR) is 142 cm³/mol. The van der Waals surface area contributed by atoms with Crippen LogP contribution >= 0.6 is 22.6 Å². The number of carbonyl (C=O) groups excluding carboxylic acids is 1. The van der Waals surface area contributed by atoms with Crippen LogP contribution in [0.4, 0.5) is 24.5 Å². The third kappa shape index (κ3) is 7.00. The van der Waals surface area contributed by atoms with E-state index in [1.54, 1.807) is 19.1 Å². The number of ether oxygens (including phenoxy) is 2. The fourth-order valence-corrected chi connectivity index (χ4v) is 3.95. The van der Waals surface area contributed by atoms with Gasteiger partial charge >= 0.3 is 11.9 Å².